The lowest BCUT2D eigenvalue weighted by molar-refractivity contribution is 0.161. The summed E-state index contributed by atoms with van der Waals surface area (Å²) in [7, 11) is 0. The van der Waals surface area contributed by atoms with Crippen LogP contribution in [0.5, 0.6) is 0 Å². The summed E-state index contributed by atoms with van der Waals surface area (Å²) in [5.74, 6) is 0. The number of aliphatic hydroxyl groups is 1. The first kappa shape index (κ1) is 5.92. The number of rotatable bonds is 3. The van der Waals surface area contributed by atoms with Crippen molar-refractivity contribution in [2.24, 2.45) is 0 Å². The van der Waals surface area contributed by atoms with Gasteiger partial charge in [-0.3, -0.25) is 0 Å². The summed E-state index contributed by atoms with van der Waals surface area (Å²) in [4.78, 5) is 0. The van der Waals surface area contributed by atoms with Gasteiger partial charge < -0.3 is 9.84 Å². The molecule has 0 aliphatic heterocycles. The quantitative estimate of drug-likeness (QED) is 0.500. The van der Waals surface area contributed by atoms with Crippen molar-refractivity contribution < 1.29 is 9.84 Å². The minimum atomic E-state index is 0.00778. The summed E-state index contributed by atoms with van der Waals surface area (Å²) in [6, 6.07) is 0. The molecule has 0 amide bonds. The Hall–Kier alpha value is -0.0800. The Balaban J connectivity index is 2.34. The molecule has 37 valence electrons. The molecule has 0 aliphatic carbocycles. The average Bonchev–Trinajstić information content (AvgIpc) is 1.61. The molecule has 1 N–H and O–H groups in total. The van der Waals surface area contributed by atoms with Crippen molar-refractivity contribution in [3.05, 3.63) is 6.61 Å². The highest BCUT2D eigenvalue weighted by Crippen LogP contribution is 1.74. The largest absolute Gasteiger partial charge is 0.394 e. The van der Waals surface area contributed by atoms with E-state index >= 15 is 0 Å². The van der Waals surface area contributed by atoms with Gasteiger partial charge in [0.25, 0.3) is 0 Å². The zero-order valence-corrected chi connectivity index (χ0v) is 3.85. The predicted octanol–water partition coefficient (Wildman–Crippen LogP) is 0.177. The maximum absolute atomic E-state index is 8.02. The molecule has 0 spiro atoms. The van der Waals surface area contributed by atoms with Gasteiger partial charge in [-0.1, -0.05) is 0 Å². The molecule has 0 fully saturated rings. The Bertz CT molecular complexity index is 17.5. The molecule has 0 aliphatic rings. The third kappa shape index (κ3) is 3.92. The molecule has 0 rings (SSSR count). The maximum atomic E-state index is 8.02. The first-order valence-electron chi connectivity index (χ1n) is 1.96. The molecular formula is C4H9O2. The van der Waals surface area contributed by atoms with E-state index in [9.17, 15) is 0 Å². The topological polar surface area (TPSA) is 29.5 Å². The van der Waals surface area contributed by atoms with Gasteiger partial charge >= 0.3 is 0 Å². The fraction of sp³-hybridized carbons (Fsp3) is 0.750. The molecule has 0 bridgehead atoms. The zero-order valence-electron chi connectivity index (χ0n) is 3.85. The summed E-state index contributed by atoms with van der Waals surface area (Å²) in [6.45, 7) is 3.88. The molecule has 1 radical (unpaired) electrons. The molecule has 2 heteroatoms. The van der Waals surface area contributed by atoms with Gasteiger partial charge in [-0.05, 0) is 6.92 Å². The number of hydrogen-bond donors (Lipinski definition) is 1. The summed E-state index contributed by atoms with van der Waals surface area (Å²) < 4.78 is 4.61. The van der Waals surface area contributed by atoms with Crippen LogP contribution in [0.25, 0.3) is 0 Å². The van der Waals surface area contributed by atoms with Crippen molar-refractivity contribution in [3.63, 3.8) is 0 Å². The molecule has 0 aromatic carbocycles. The van der Waals surface area contributed by atoms with Gasteiger partial charge in [0.2, 0.25) is 0 Å². The second kappa shape index (κ2) is 4.92. The second-order valence-corrected chi connectivity index (χ2v) is 0.805. The van der Waals surface area contributed by atoms with Crippen LogP contribution in [0, 0.1) is 6.61 Å². The van der Waals surface area contributed by atoms with E-state index in [4.69, 9.17) is 5.11 Å². The van der Waals surface area contributed by atoms with Crippen molar-refractivity contribution in [2.45, 2.75) is 6.92 Å². The van der Waals surface area contributed by atoms with E-state index in [0.29, 0.717) is 6.61 Å². The van der Waals surface area contributed by atoms with Crippen LogP contribution in [0.15, 0.2) is 0 Å². The molecule has 0 unspecified atom stereocenters. The third-order valence-corrected chi connectivity index (χ3v) is 0.359. The first-order chi connectivity index (χ1) is 2.91. The minimum Gasteiger partial charge on any atom is -0.394 e. The molecule has 0 aromatic heterocycles. The number of hydrogen-bond acceptors (Lipinski definition) is 2. The van der Waals surface area contributed by atoms with Crippen LogP contribution in [0.4, 0.5) is 0 Å². The molecule has 0 atom stereocenters. The Morgan fingerprint density at radius 1 is 1.83 bits per heavy atom. The highest BCUT2D eigenvalue weighted by atomic mass is 16.5. The van der Waals surface area contributed by atoms with Crippen LogP contribution in [0.1, 0.15) is 6.92 Å². The highest BCUT2D eigenvalue weighted by molar-refractivity contribution is 4.40. The summed E-state index contributed by atoms with van der Waals surface area (Å²) in [5.41, 5.74) is 0. The van der Waals surface area contributed by atoms with E-state index < -0.39 is 0 Å². The van der Waals surface area contributed by atoms with Gasteiger partial charge in [0, 0.05) is 6.61 Å². The predicted molar refractivity (Wildman–Crippen MR) is 23.0 cm³/mol. The Kier molecular flexibility index (Phi) is 4.85. The molecule has 0 saturated carbocycles. The average molecular weight is 89.1 g/mol. The van der Waals surface area contributed by atoms with E-state index in [1.165, 1.54) is 6.61 Å². The minimum absolute atomic E-state index is 0.00778. The van der Waals surface area contributed by atoms with Crippen LogP contribution in [-0.4, -0.2) is 18.3 Å². The van der Waals surface area contributed by atoms with E-state index in [0.717, 1.165) is 0 Å². The standard InChI is InChI=1S/C4H9O2/c1-2-6-4-3-5/h4-5H,2-3H2,1H3. The van der Waals surface area contributed by atoms with Gasteiger partial charge in [-0.25, -0.2) is 0 Å². The van der Waals surface area contributed by atoms with Gasteiger partial charge in [0.05, 0.1) is 6.61 Å². The van der Waals surface area contributed by atoms with Gasteiger partial charge in [0.15, 0.2) is 0 Å². The Labute approximate surface area is 37.7 Å². The number of aliphatic hydroxyl groups excluding tert-OH is 1. The Morgan fingerprint density at radius 3 is 2.67 bits per heavy atom. The molecule has 0 heterocycles. The van der Waals surface area contributed by atoms with E-state index in [1.54, 1.807) is 0 Å². The van der Waals surface area contributed by atoms with E-state index in [1.807, 2.05) is 6.92 Å². The van der Waals surface area contributed by atoms with Crippen LogP contribution in [0.3, 0.4) is 0 Å². The van der Waals surface area contributed by atoms with E-state index in [-0.39, 0.29) is 6.61 Å². The molecule has 0 aromatic rings. The maximum Gasteiger partial charge on any atom is 0.109 e. The fourth-order valence-corrected chi connectivity index (χ4v) is 0.171. The summed E-state index contributed by atoms with van der Waals surface area (Å²) in [5, 5.41) is 8.02. The van der Waals surface area contributed by atoms with Crippen molar-refractivity contribution in [1.82, 2.24) is 0 Å². The van der Waals surface area contributed by atoms with Gasteiger partial charge in [0.1, 0.15) is 6.61 Å². The van der Waals surface area contributed by atoms with Crippen molar-refractivity contribution in [1.29, 1.82) is 0 Å². The zero-order chi connectivity index (χ0) is 4.83. The highest BCUT2D eigenvalue weighted by Gasteiger charge is 1.75. The third-order valence-electron chi connectivity index (χ3n) is 0.359. The SMILES string of the molecule is CCO[CH]CO. The van der Waals surface area contributed by atoms with Gasteiger partial charge in [-0.2, -0.15) is 0 Å². The molecular weight excluding hydrogens is 80.0 g/mol. The lowest BCUT2D eigenvalue weighted by Crippen LogP contribution is -1.89. The lowest BCUT2D eigenvalue weighted by atomic mass is 10.8. The lowest BCUT2D eigenvalue weighted by Gasteiger charge is -1.90. The van der Waals surface area contributed by atoms with Crippen LogP contribution >= 0.6 is 0 Å². The molecule has 0 saturated heterocycles. The van der Waals surface area contributed by atoms with Crippen LogP contribution < -0.4 is 0 Å². The number of ether oxygens (including phenoxy) is 1. The van der Waals surface area contributed by atoms with E-state index in [2.05, 4.69) is 4.74 Å². The second-order valence-electron chi connectivity index (χ2n) is 0.805. The van der Waals surface area contributed by atoms with Gasteiger partial charge in [-0.15, -0.1) is 0 Å². The smallest absolute Gasteiger partial charge is 0.109 e. The van der Waals surface area contributed by atoms with Crippen LogP contribution in [-0.2, 0) is 4.74 Å². The van der Waals surface area contributed by atoms with Crippen molar-refractivity contribution in [2.75, 3.05) is 13.2 Å². The summed E-state index contributed by atoms with van der Waals surface area (Å²) in [6.07, 6.45) is 0. The Morgan fingerprint density at radius 2 is 2.50 bits per heavy atom. The van der Waals surface area contributed by atoms with Crippen LogP contribution in [0.2, 0.25) is 0 Å². The fourth-order valence-electron chi connectivity index (χ4n) is 0.171. The molecule has 2 nitrogen and oxygen atoms in total. The normalized spacial score (nSPS) is 9.00. The monoisotopic (exact) mass is 89.1 g/mol. The van der Waals surface area contributed by atoms with Crippen molar-refractivity contribution >= 4 is 0 Å². The summed E-state index contributed by atoms with van der Waals surface area (Å²) >= 11 is 0. The first-order valence-corrected chi connectivity index (χ1v) is 1.96. The van der Waals surface area contributed by atoms with Crippen molar-refractivity contribution in [3.8, 4) is 0 Å². The molecule has 6 heavy (non-hydrogen) atoms.